The molecule has 0 saturated heterocycles. The van der Waals surface area contributed by atoms with Gasteiger partial charge >= 0.3 is 6.03 Å². The second-order valence-corrected chi connectivity index (χ2v) is 13.0. The number of hydrogen-bond donors (Lipinski definition) is 3. The Labute approximate surface area is 273 Å². The molecule has 2 aliphatic rings. The maximum absolute atomic E-state index is 14.3. The maximum Gasteiger partial charge on any atom is 0.323 e. The van der Waals surface area contributed by atoms with Gasteiger partial charge < -0.3 is 35.0 Å². The van der Waals surface area contributed by atoms with Crippen molar-refractivity contribution in [2.45, 2.75) is 90.4 Å². The zero-order valence-corrected chi connectivity index (χ0v) is 27.9. The molecule has 1 heterocycles. The average molecular weight is 637 g/mol. The smallest absolute Gasteiger partial charge is 0.323 e. The Morgan fingerprint density at radius 1 is 0.978 bits per heavy atom. The summed E-state index contributed by atoms with van der Waals surface area (Å²) in [6.07, 6.45) is 7.30. The lowest BCUT2D eigenvalue weighted by Crippen LogP contribution is -2.48. The van der Waals surface area contributed by atoms with Crippen LogP contribution in [0, 0.1) is 11.8 Å². The summed E-state index contributed by atoms with van der Waals surface area (Å²) in [7, 11) is 1.86. The molecule has 4 amide bonds. The highest BCUT2D eigenvalue weighted by molar-refractivity contribution is 6.02. The van der Waals surface area contributed by atoms with Crippen molar-refractivity contribution in [3.8, 4) is 5.75 Å². The van der Waals surface area contributed by atoms with Gasteiger partial charge in [0.25, 0.3) is 5.91 Å². The number of aliphatic hydroxyl groups excluding tert-OH is 1. The van der Waals surface area contributed by atoms with E-state index >= 15 is 0 Å². The second kappa shape index (κ2) is 17.3. The van der Waals surface area contributed by atoms with E-state index in [-0.39, 0.29) is 42.5 Å². The number of benzene rings is 2. The Balaban J connectivity index is 1.58. The van der Waals surface area contributed by atoms with Crippen LogP contribution in [0.15, 0.2) is 48.5 Å². The van der Waals surface area contributed by atoms with Crippen molar-refractivity contribution in [3.05, 3.63) is 54.1 Å². The van der Waals surface area contributed by atoms with Crippen molar-refractivity contribution in [1.29, 1.82) is 0 Å². The third-order valence-corrected chi connectivity index (χ3v) is 9.13. The van der Waals surface area contributed by atoms with Crippen molar-refractivity contribution in [2.75, 3.05) is 44.0 Å². The number of aliphatic hydroxyl groups is 1. The molecule has 1 saturated carbocycles. The van der Waals surface area contributed by atoms with Gasteiger partial charge in [0.05, 0.1) is 30.4 Å². The number of carbonyl (C=O) groups is 3. The van der Waals surface area contributed by atoms with Gasteiger partial charge in [0, 0.05) is 50.0 Å². The summed E-state index contributed by atoms with van der Waals surface area (Å²) in [5.74, 6) is 0.212. The van der Waals surface area contributed by atoms with E-state index in [9.17, 15) is 19.5 Å². The molecule has 0 radical (unpaired) electrons. The molecule has 1 fully saturated rings. The summed E-state index contributed by atoms with van der Waals surface area (Å²) in [5, 5.41) is 15.8. The van der Waals surface area contributed by atoms with E-state index < -0.39 is 12.1 Å². The topological polar surface area (TPSA) is 120 Å². The number of nitrogens with zero attached hydrogens (tertiary/aromatic N) is 2. The van der Waals surface area contributed by atoms with E-state index in [1.54, 1.807) is 42.2 Å². The van der Waals surface area contributed by atoms with Gasteiger partial charge in [-0.1, -0.05) is 44.4 Å². The highest BCUT2D eigenvalue weighted by Crippen LogP contribution is 2.29. The SMILES string of the molecule is C[C@@H]1CN([C@H](C)CO)C(=O)c2cc(NC(=O)Nc3ccccc3)ccc2O[C@@H](C)CCCCO[C@H]1CN(C)C(=O)C1CCCCC1. The minimum atomic E-state index is -0.492. The number of ether oxygens (including phenoxy) is 2. The summed E-state index contributed by atoms with van der Waals surface area (Å²) in [5.41, 5.74) is 1.38. The molecular formula is C36H52N4O6. The number of anilines is 2. The Bertz CT molecular complexity index is 1280. The summed E-state index contributed by atoms with van der Waals surface area (Å²) in [6, 6.07) is 13.3. The maximum atomic E-state index is 14.3. The lowest BCUT2D eigenvalue weighted by molar-refractivity contribution is -0.137. The monoisotopic (exact) mass is 636 g/mol. The van der Waals surface area contributed by atoms with Crippen LogP contribution in [0.4, 0.5) is 16.2 Å². The zero-order chi connectivity index (χ0) is 33.1. The van der Waals surface area contributed by atoms with Gasteiger partial charge in [0.1, 0.15) is 5.75 Å². The molecule has 10 nitrogen and oxygen atoms in total. The van der Waals surface area contributed by atoms with E-state index in [1.807, 2.05) is 44.0 Å². The van der Waals surface area contributed by atoms with Crippen LogP contribution >= 0.6 is 0 Å². The Morgan fingerprint density at radius 3 is 2.39 bits per heavy atom. The molecule has 0 aromatic heterocycles. The van der Waals surface area contributed by atoms with Gasteiger partial charge in [-0.3, -0.25) is 9.59 Å². The molecule has 4 atom stereocenters. The van der Waals surface area contributed by atoms with Crippen LogP contribution in [-0.4, -0.2) is 84.4 Å². The van der Waals surface area contributed by atoms with Gasteiger partial charge in [0.2, 0.25) is 5.91 Å². The van der Waals surface area contributed by atoms with Gasteiger partial charge in [-0.2, -0.15) is 0 Å². The van der Waals surface area contributed by atoms with Crippen LogP contribution in [0.5, 0.6) is 5.75 Å². The highest BCUT2D eigenvalue weighted by atomic mass is 16.5. The molecule has 10 heteroatoms. The molecule has 3 N–H and O–H groups in total. The van der Waals surface area contributed by atoms with Crippen LogP contribution in [-0.2, 0) is 9.53 Å². The van der Waals surface area contributed by atoms with Crippen molar-refractivity contribution < 1.29 is 29.0 Å². The third kappa shape index (κ3) is 9.93. The van der Waals surface area contributed by atoms with E-state index in [0.29, 0.717) is 42.4 Å². The van der Waals surface area contributed by atoms with E-state index in [0.717, 1.165) is 44.9 Å². The van der Waals surface area contributed by atoms with Crippen molar-refractivity contribution in [1.82, 2.24) is 9.80 Å². The van der Waals surface area contributed by atoms with Crippen LogP contribution in [0.2, 0.25) is 0 Å². The lowest BCUT2D eigenvalue weighted by Gasteiger charge is -2.36. The van der Waals surface area contributed by atoms with Gasteiger partial charge in [0.15, 0.2) is 0 Å². The standard InChI is InChI=1S/C36H52N4O6/c1-25-22-40(26(2)24-41)35(43)31-21-30(38-36(44)37-29-16-9-6-10-17-29)18-19-32(31)46-27(3)13-11-12-20-45-33(25)23-39(4)34(42)28-14-7-5-8-15-28/h6,9-10,16-19,21,25-28,33,41H,5,7-8,11-15,20,22-24H2,1-4H3,(H2,37,38,44)/t25-,26-,27+,33+/m1/s1. The fourth-order valence-corrected chi connectivity index (χ4v) is 6.30. The first-order valence-electron chi connectivity index (χ1n) is 16.9. The van der Waals surface area contributed by atoms with E-state index in [1.165, 1.54) is 6.42 Å². The first kappa shape index (κ1) is 35.2. The molecule has 0 unspecified atom stereocenters. The minimum absolute atomic E-state index is 0.0654. The molecule has 1 aliphatic carbocycles. The number of nitrogens with one attached hydrogen (secondary N) is 2. The fraction of sp³-hybridized carbons (Fsp3) is 0.583. The molecule has 1 aliphatic heterocycles. The van der Waals surface area contributed by atoms with E-state index in [4.69, 9.17) is 9.47 Å². The average Bonchev–Trinajstić information content (AvgIpc) is 3.06. The first-order valence-corrected chi connectivity index (χ1v) is 16.9. The highest BCUT2D eigenvalue weighted by Gasteiger charge is 2.32. The largest absolute Gasteiger partial charge is 0.490 e. The van der Waals surface area contributed by atoms with Crippen LogP contribution in [0.25, 0.3) is 0 Å². The Kier molecular flexibility index (Phi) is 13.3. The fourth-order valence-electron chi connectivity index (χ4n) is 6.30. The van der Waals surface area contributed by atoms with Crippen molar-refractivity contribution >= 4 is 29.2 Å². The Hall–Kier alpha value is -3.63. The van der Waals surface area contributed by atoms with Crippen LogP contribution in [0.1, 0.15) is 82.5 Å². The second-order valence-electron chi connectivity index (χ2n) is 13.0. The molecule has 2 aromatic carbocycles. The predicted octanol–water partition coefficient (Wildman–Crippen LogP) is 6.16. The number of amides is 4. The number of rotatable bonds is 7. The van der Waals surface area contributed by atoms with Gasteiger partial charge in [-0.05, 0) is 76.3 Å². The van der Waals surface area contributed by atoms with Crippen molar-refractivity contribution in [3.63, 3.8) is 0 Å². The predicted molar refractivity (Wildman–Crippen MR) is 180 cm³/mol. The van der Waals surface area contributed by atoms with Gasteiger partial charge in [-0.15, -0.1) is 0 Å². The number of fused-ring (bicyclic) bond motifs is 1. The molecule has 0 bridgehead atoms. The normalized spacial score (nSPS) is 22.5. The van der Waals surface area contributed by atoms with E-state index in [2.05, 4.69) is 10.6 Å². The van der Waals surface area contributed by atoms with Crippen LogP contribution in [0.3, 0.4) is 0 Å². The Morgan fingerprint density at radius 2 is 1.67 bits per heavy atom. The van der Waals surface area contributed by atoms with Gasteiger partial charge in [-0.25, -0.2) is 4.79 Å². The summed E-state index contributed by atoms with van der Waals surface area (Å²) in [4.78, 5) is 43.9. The first-order chi connectivity index (χ1) is 22.2. The number of para-hydroxylation sites is 1. The molecule has 252 valence electrons. The van der Waals surface area contributed by atoms with Crippen LogP contribution < -0.4 is 15.4 Å². The number of likely N-dealkylation sites (N-methyl/N-ethyl adjacent to an activating group) is 1. The zero-order valence-electron chi connectivity index (χ0n) is 27.9. The number of carbonyl (C=O) groups excluding carboxylic acids is 3. The van der Waals surface area contributed by atoms with Crippen molar-refractivity contribution in [2.24, 2.45) is 11.8 Å². The molecule has 4 rings (SSSR count). The summed E-state index contributed by atoms with van der Waals surface area (Å²) < 4.78 is 12.7. The third-order valence-electron chi connectivity index (χ3n) is 9.13. The lowest BCUT2D eigenvalue weighted by atomic mass is 9.88. The quantitative estimate of drug-likeness (QED) is 0.335. The molecule has 2 aromatic rings. The number of urea groups is 1. The number of hydrogen-bond acceptors (Lipinski definition) is 6. The molecule has 46 heavy (non-hydrogen) atoms. The molecule has 0 spiro atoms. The molecular weight excluding hydrogens is 584 g/mol. The summed E-state index contributed by atoms with van der Waals surface area (Å²) >= 11 is 0. The summed E-state index contributed by atoms with van der Waals surface area (Å²) in [6.45, 7) is 6.88. The minimum Gasteiger partial charge on any atom is -0.490 e.